The van der Waals surface area contributed by atoms with Gasteiger partial charge < -0.3 is 15.0 Å². The van der Waals surface area contributed by atoms with Crippen molar-refractivity contribution in [3.05, 3.63) is 17.8 Å². The van der Waals surface area contributed by atoms with Crippen LogP contribution in [-0.2, 0) is 4.74 Å². The number of aromatic nitrogens is 2. The number of carbonyl (C=O) groups excluding carboxylic acids is 1. The molecule has 6 nitrogen and oxygen atoms in total. The highest BCUT2D eigenvalue weighted by Crippen LogP contribution is 2.05. The minimum Gasteiger partial charge on any atom is -0.380 e. The molecule has 0 aliphatic carbocycles. The second kappa shape index (κ2) is 9.25. The average molecular weight is 280 g/mol. The standard InChI is InChI=1S/C14H24N4O2/c1-4-9-15-13-8-7-12(16-17-13)14(19)18(5-2)10-11-20-6-3/h7-8H,4-6,9-11H2,1-3H3,(H,15,17). The number of hydrogen-bond acceptors (Lipinski definition) is 5. The molecule has 0 radical (unpaired) electrons. The fourth-order valence-corrected chi connectivity index (χ4v) is 1.68. The Morgan fingerprint density at radius 1 is 1.30 bits per heavy atom. The fourth-order valence-electron chi connectivity index (χ4n) is 1.68. The summed E-state index contributed by atoms with van der Waals surface area (Å²) in [7, 11) is 0. The van der Waals surface area contributed by atoms with E-state index in [9.17, 15) is 4.79 Å². The van der Waals surface area contributed by atoms with E-state index < -0.39 is 0 Å². The summed E-state index contributed by atoms with van der Waals surface area (Å²) in [6.45, 7) is 9.19. The Bertz CT molecular complexity index is 395. The maximum Gasteiger partial charge on any atom is 0.274 e. The summed E-state index contributed by atoms with van der Waals surface area (Å²) >= 11 is 0. The van der Waals surface area contributed by atoms with Gasteiger partial charge in [-0.1, -0.05) is 6.92 Å². The van der Waals surface area contributed by atoms with Gasteiger partial charge in [0.1, 0.15) is 5.82 Å². The van der Waals surface area contributed by atoms with Gasteiger partial charge in [0.05, 0.1) is 6.61 Å². The average Bonchev–Trinajstić information content (AvgIpc) is 2.49. The molecule has 1 aromatic heterocycles. The molecule has 0 bridgehead atoms. The van der Waals surface area contributed by atoms with Crippen molar-refractivity contribution in [3.8, 4) is 0 Å². The SMILES string of the molecule is CCCNc1ccc(C(=O)N(CC)CCOCC)nn1. The summed E-state index contributed by atoms with van der Waals surface area (Å²) in [6.07, 6.45) is 1.02. The van der Waals surface area contributed by atoms with Crippen molar-refractivity contribution < 1.29 is 9.53 Å². The van der Waals surface area contributed by atoms with Crippen molar-refractivity contribution in [2.75, 3.05) is 38.2 Å². The zero-order chi connectivity index (χ0) is 14.8. The molecule has 0 saturated heterocycles. The van der Waals surface area contributed by atoms with Crippen LogP contribution < -0.4 is 5.32 Å². The number of rotatable bonds is 9. The van der Waals surface area contributed by atoms with Crippen molar-refractivity contribution in [2.24, 2.45) is 0 Å². The van der Waals surface area contributed by atoms with Crippen molar-refractivity contribution in [2.45, 2.75) is 27.2 Å². The molecule has 0 aliphatic heterocycles. The minimum absolute atomic E-state index is 0.109. The van der Waals surface area contributed by atoms with Gasteiger partial charge in [0.2, 0.25) is 0 Å². The van der Waals surface area contributed by atoms with E-state index in [1.807, 2.05) is 13.8 Å². The fraction of sp³-hybridized carbons (Fsp3) is 0.643. The zero-order valence-corrected chi connectivity index (χ0v) is 12.6. The van der Waals surface area contributed by atoms with Gasteiger partial charge in [-0.25, -0.2) is 0 Å². The lowest BCUT2D eigenvalue weighted by molar-refractivity contribution is 0.0663. The van der Waals surface area contributed by atoms with Gasteiger partial charge in [0, 0.05) is 26.2 Å². The molecular formula is C14H24N4O2. The highest BCUT2D eigenvalue weighted by atomic mass is 16.5. The summed E-state index contributed by atoms with van der Waals surface area (Å²) in [6, 6.07) is 3.49. The molecule has 1 rings (SSSR count). The van der Waals surface area contributed by atoms with E-state index in [4.69, 9.17) is 4.74 Å². The van der Waals surface area contributed by atoms with Crippen molar-refractivity contribution in [1.29, 1.82) is 0 Å². The third-order valence-electron chi connectivity index (χ3n) is 2.82. The lowest BCUT2D eigenvalue weighted by atomic mass is 10.3. The van der Waals surface area contributed by atoms with Crippen LogP contribution in [0.4, 0.5) is 5.82 Å². The summed E-state index contributed by atoms with van der Waals surface area (Å²) in [5, 5.41) is 11.1. The van der Waals surface area contributed by atoms with Crippen LogP contribution in [-0.4, -0.2) is 53.9 Å². The first-order valence-corrected chi connectivity index (χ1v) is 7.17. The molecule has 1 amide bonds. The zero-order valence-electron chi connectivity index (χ0n) is 12.6. The molecule has 20 heavy (non-hydrogen) atoms. The Morgan fingerprint density at radius 2 is 2.10 bits per heavy atom. The maximum atomic E-state index is 12.2. The van der Waals surface area contributed by atoms with Crippen LogP contribution in [0, 0.1) is 0 Å². The topological polar surface area (TPSA) is 67.4 Å². The van der Waals surface area contributed by atoms with Crippen LogP contribution in [0.5, 0.6) is 0 Å². The maximum absolute atomic E-state index is 12.2. The lowest BCUT2D eigenvalue weighted by Gasteiger charge is -2.20. The summed E-state index contributed by atoms with van der Waals surface area (Å²) in [5.41, 5.74) is 0.366. The van der Waals surface area contributed by atoms with Crippen molar-refractivity contribution >= 4 is 11.7 Å². The van der Waals surface area contributed by atoms with Crippen LogP contribution in [0.2, 0.25) is 0 Å². The number of nitrogens with zero attached hydrogens (tertiary/aromatic N) is 3. The number of hydrogen-bond donors (Lipinski definition) is 1. The quantitative estimate of drug-likeness (QED) is 0.699. The summed E-state index contributed by atoms with van der Waals surface area (Å²) < 4.78 is 5.28. The monoisotopic (exact) mass is 280 g/mol. The van der Waals surface area contributed by atoms with Gasteiger partial charge in [0.25, 0.3) is 5.91 Å². The Kier molecular flexibility index (Phi) is 7.57. The smallest absolute Gasteiger partial charge is 0.274 e. The Labute approximate surface area is 120 Å². The number of carbonyl (C=O) groups is 1. The molecule has 0 atom stereocenters. The number of likely N-dealkylation sites (N-methyl/N-ethyl adjacent to an activating group) is 1. The molecular weight excluding hydrogens is 256 g/mol. The first-order valence-electron chi connectivity index (χ1n) is 7.17. The van der Waals surface area contributed by atoms with Gasteiger partial charge in [-0.2, -0.15) is 0 Å². The number of anilines is 1. The van der Waals surface area contributed by atoms with E-state index in [-0.39, 0.29) is 5.91 Å². The molecule has 112 valence electrons. The summed E-state index contributed by atoms with van der Waals surface area (Å²) in [4.78, 5) is 14.0. The Balaban J connectivity index is 2.60. The molecule has 1 heterocycles. The first kappa shape index (κ1) is 16.4. The largest absolute Gasteiger partial charge is 0.380 e. The predicted octanol–water partition coefficient (Wildman–Crippen LogP) is 1.80. The molecule has 1 N–H and O–H groups in total. The van der Waals surface area contributed by atoms with Gasteiger partial charge in [-0.05, 0) is 32.4 Å². The molecule has 6 heteroatoms. The molecule has 0 aromatic carbocycles. The third kappa shape index (κ3) is 5.13. The predicted molar refractivity (Wildman–Crippen MR) is 78.9 cm³/mol. The molecule has 0 unspecified atom stereocenters. The molecule has 1 aromatic rings. The van der Waals surface area contributed by atoms with E-state index in [1.54, 1.807) is 17.0 Å². The van der Waals surface area contributed by atoms with Crippen LogP contribution in [0.3, 0.4) is 0 Å². The van der Waals surface area contributed by atoms with E-state index in [1.165, 1.54) is 0 Å². The Morgan fingerprint density at radius 3 is 2.65 bits per heavy atom. The molecule has 0 aliphatic rings. The van der Waals surface area contributed by atoms with Crippen LogP contribution in [0.25, 0.3) is 0 Å². The summed E-state index contributed by atoms with van der Waals surface area (Å²) in [5.74, 6) is 0.586. The van der Waals surface area contributed by atoms with E-state index >= 15 is 0 Å². The Hall–Kier alpha value is -1.69. The van der Waals surface area contributed by atoms with Crippen molar-refractivity contribution in [3.63, 3.8) is 0 Å². The second-order valence-corrected chi connectivity index (χ2v) is 4.31. The number of nitrogens with one attached hydrogen (secondary N) is 1. The van der Waals surface area contributed by atoms with E-state index in [2.05, 4.69) is 22.4 Å². The van der Waals surface area contributed by atoms with Gasteiger partial charge in [-0.3, -0.25) is 4.79 Å². The lowest BCUT2D eigenvalue weighted by Crippen LogP contribution is -2.34. The van der Waals surface area contributed by atoms with E-state index in [0.717, 1.165) is 13.0 Å². The normalized spacial score (nSPS) is 10.3. The second-order valence-electron chi connectivity index (χ2n) is 4.31. The van der Waals surface area contributed by atoms with Crippen LogP contribution in [0.1, 0.15) is 37.7 Å². The molecule has 0 fully saturated rings. The molecule has 0 spiro atoms. The van der Waals surface area contributed by atoms with Gasteiger partial charge >= 0.3 is 0 Å². The van der Waals surface area contributed by atoms with E-state index in [0.29, 0.717) is 37.8 Å². The number of amides is 1. The van der Waals surface area contributed by atoms with Gasteiger partial charge in [-0.15, -0.1) is 10.2 Å². The minimum atomic E-state index is -0.109. The molecule has 0 saturated carbocycles. The first-order chi connectivity index (χ1) is 9.72. The van der Waals surface area contributed by atoms with Crippen LogP contribution in [0.15, 0.2) is 12.1 Å². The van der Waals surface area contributed by atoms with Crippen molar-refractivity contribution in [1.82, 2.24) is 15.1 Å². The third-order valence-corrected chi connectivity index (χ3v) is 2.82. The highest BCUT2D eigenvalue weighted by molar-refractivity contribution is 5.92. The van der Waals surface area contributed by atoms with Crippen LogP contribution >= 0.6 is 0 Å². The highest BCUT2D eigenvalue weighted by Gasteiger charge is 2.15. The number of ether oxygens (including phenoxy) is 1. The van der Waals surface area contributed by atoms with Gasteiger partial charge in [0.15, 0.2) is 5.69 Å².